The number of alkyl halides is 3. The van der Waals surface area contributed by atoms with Crippen LogP contribution in [0.1, 0.15) is 12.5 Å². The Morgan fingerprint density at radius 2 is 1.84 bits per heavy atom. The van der Waals surface area contributed by atoms with E-state index in [1.165, 1.54) is 6.07 Å². The van der Waals surface area contributed by atoms with Gasteiger partial charge in [0.15, 0.2) is 0 Å². The standard InChI is InChI=1S/C12H19FN2.CHF3/c1-4-15(8-7-14-3)12-6-5-11(13)9-10(12)2;2-1(3)4/h5-6,9,14H,4,7-8H2,1-3H3;1H. The molecule has 0 fully saturated rings. The molecular weight excluding hydrogens is 260 g/mol. The van der Waals surface area contributed by atoms with Crippen LogP contribution in [0.25, 0.3) is 0 Å². The molecule has 0 heterocycles. The fraction of sp³-hybridized carbons (Fsp3) is 0.538. The molecule has 1 aromatic rings. The van der Waals surface area contributed by atoms with Crippen LogP contribution in [-0.4, -0.2) is 33.4 Å². The lowest BCUT2D eigenvalue weighted by Crippen LogP contribution is -2.31. The highest BCUT2D eigenvalue weighted by Gasteiger charge is 2.07. The fourth-order valence-electron chi connectivity index (χ4n) is 1.67. The molecule has 2 nitrogen and oxygen atoms in total. The highest BCUT2D eigenvalue weighted by Crippen LogP contribution is 2.20. The molecular formula is C13H20F4N2. The van der Waals surface area contributed by atoms with Gasteiger partial charge in [0.05, 0.1) is 0 Å². The minimum atomic E-state index is -3.67. The summed E-state index contributed by atoms with van der Waals surface area (Å²) in [7, 11) is 1.94. The predicted molar refractivity (Wildman–Crippen MR) is 70.1 cm³/mol. The summed E-state index contributed by atoms with van der Waals surface area (Å²) in [6.45, 7) is 3.21. The van der Waals surface area contributed by atoms with Crippen LogP contribution in [-0.2, 0) is 0 Å². The maximum Gasteiger partial charge on any atom is 0.379 e. The zero-order valence-corrected chi connectivity index (χ0v) is 11.4. The molecule has 0 saturated carbocycles. The first-order valence-electron chi connectivity index (χ1n) is 6.00. The lowest BCUT2D eigenvalue weighted by molar-refractivity contribution is 0.00819. The van der Waals surface area contributed by atoms with E-state index in [0.29, 0.717) is 0 Å². The van der Waals surface area contributed by atoms with Crippen LogP contribution in [0, 0.1) is 12.7 Å². The van der Waals surface area contributed by atoms with E-state index < -0.39 is 6.68 Å². The molecule has 0 aliphatic carbocycles. The SMILES string of the molecule is CCN(CCNC)c1ccc(F)cc1C.FC(F)F. The van der Waals surface area contributed by atoms with Crippen LogP contribution in [0.4, 0.5) is 23.2 Å². The molecule has 0 atom stereocenters. The van der Waals surface area contributed by atoms with Gasteiger partial charge >= 0.3 is 6.68 Å². The molecule has 19 heavy (non-hydrogen) atoms. The van der Waals surface area contributed by atoms with Crippen molar-refractivity contribution in [1.82, 2.24) is 5.32 Å². The summed E-state index contributed by atoms with van der Waals surface area (Å²) in [5.41, 5.74) is 2.11. The Morgan fingerprint density at radius 1 is 1.26 bits per heavy atom. The second kappa shape index (κ2) is 9.61. The van der Waals surface area contributed by atoms with Crippen molar-refractivity contribution in [2.24, 2.45) is 0 Å². The molecule has 1 aromatic carbocycles. The van der Waals surface area contributed by atoms with Crippen molar-refractivity contribution in [2.75, 3.05) is 31.6 Å². The summed E-state index contributed by atoms with van der Waals surface area (Å²) in [6.07, 6.45) is 0. The van der Waals surface area contributed by atoms with Gasteiger partial charge in [-0.1, -0.05) is 0 Å². The third-order valence-corrected chi connectivity index (χ3v) is 2.51. The quantitative estimate of drug-likeness (QED) is 0.832. The average Bonchev–Trinajstić information content (AvgIpc) is 2.31. The van der Waals surface area contributed by atoms with E-state index in [9.17, 15) is 17.6 Å². The van der Waals surface area contributed by atoms with Gasteiger partial charge in [-0.2, -0.15) is 13.2 Å². The lowest BCUT2D eigenvalue weighted by atomic mass is 10.1. The van der Waals surface area contributed by atoms with Crippen molar-refractivity contribution in [3.05, 3.63) is 29.6 Å². The molecule has 0 radical (unpaired) electrons. The van der Waals surface area contributed by atoms with Crippen molar-refractivity contribution in [2.45, 2.75) is 20.5 Å². The number of anilines is 1. The number of likely N-dealkylation sites (N-methyl/N-ethyl adjacent to an activating group) is 2. The van der Waals surface area contributed by atoms with Crippen molar-refractivity contribution in [3.8, 4) is 0 Å². The van der Waals surface area contributed by atoms with Crippen LogP contribution < -0.4 is 10.2 Å². The summed E-state index contributed by atoms with van der Waals surface area (Å²) in [5.74, 6) is -0.166. The number of aryl methyl sites for hydroxylation is 1. The summed E-state index contributed by atoms with van der Waals surface area (Å²) in [4.78, 5) is 2.24. The van der Waals surface area contributed by atoms with Crippen LogP contribution in [0.2, 0.25) is 0 Å². The molecule has 6 heteroatoms. The van der Waals surface area contributed by atoms with E-state index in [1.807, 2.05) is 20.0 Å². The minimum absolute atomic E-state index is 0.166. The van der Waals surface area contributed by atoms with Crippen LogP contribution in [0.3, 0.4) is 0 Å². The van der Waals surface area contributed by atoms with Crippen LogP contribution in [0.5, 0.6) is 0 Å². The number of halogens is 4. The third-order valence-electron chi connectivity index (χ3n) is 2.51. The first-order chi connectivity index (χ1) is 8.92. The van der Waals surface area contributed by atoms with Crippen LogP contribution in [0.15, 0.2) is 18.2 Å². The van der Waals surface area contributed by atoms with Gasteiger partial charge in [0, 0.05) is 25.3 Å². The molecule has 1 rings (SSSR count). The fourth-order valence-corrected chi connectivity index (χ4v) is 1.67. The van der Waals surface area contributed by atoms with Crippen molar-refractivity contribution in [1.29, 1.82) is 0 Å². The Hall–Kier alpha value is -1.30. The number of nitrogens with one attached hydrogen (secondary N) is 1. The maximum atomic E-state index is 12.9. The smallest absolute Gasteiger partial charge is 0.370 e. The molecule has 0 bridgehead atoms. The van der Waals surface area contributed by atoms with E-state index in [1.54, 1.807) is 6.07 Å². The second-order valence-corrected chi connectivity index (χ2v) is 3.86. The predicted octanol–water partition coefficient (Wildman–Crippen LogP) is 3.36. The summed E-state index contributed by atoms with van der Waals surface area (Å²) < 4.78 is 41.9. The van der Waals surface area contributed by atoms with Gasteiger partial charge in [-0.25, -0.2) is 4.39 Å². The number of nitrogens with zero attached hydrogens (tertiary/aromatic N) is 1. The summed E-state index contributed by atoms with van der Waals surface area (Å²) in [6, 6.07) is 4.95. The Kier molecular flexibility index (Phi) is 8.95. The highest BCUT2D eigenvalue weighted by atomic mass is 19.4. The van der Waals surface area contributed by atoms with Gasteiger partial charge in [-0.05, 0) is 44.7 Å². The van der Waals surface area contributed by atoms with Gasteiger partial charge in [0.2, 0.25) is 0 Å². The van der Waals surface area contributed by atoms with E-state index in [4.69, 9.17) is 0 Å². The van der Waals surface area contributed by atoms with Gasteiger partial charge in [-0.3, -0.25) is 0 Å². The molecule has 0 saturated heterocycles. The first-order valence-corrected chi connectivity index (χ1v) is 6.00. The normalized spacial score (nSPS) is 10.1. The van der Waals surface area contributed by atoms with Crippen molar-refractivity contribution >= 4 is 5.69 Å². The molecule has 0 spiro atoms. The monoisotopic (exact) mass is 280 g/mol. The van der Waals surface area contributed by atoms with Gasteiger partial charge in [0.25, 0.3) is 0 Å². The Labute approximate surface area is 111 Å². The number of hydrogen-bond donors (Lipinski definition) is 1. The molecule has 0 aromatic heterocycles. The van der Waals surface area contributed by atoms with Gasteiger partial charge in [0.1, 0.15) is 5.82 Å². The molecule has 0 aliphatic heterocycles. The zero-order valence-electron chi connectivity index (χ0n) is 11.4. The first kappa shape index (κ1) is 17.7. The van der Waals surface area contributed by atoms with E-state index in [-0.39, 0.29) is 5.82 Å². The summed E-state index contributed by atoms with van der Waals surface area (Å²) >= 11 is 0. The maximum absolute atomic E-state index is 12.9. The van der Waals surface area contributed by atoms with E-state index in [2.05, 4.69) is 17.1 Å². The van der Waals surface area contributed by atoms with E-state index >= 15 is 0 Å². The number of benzene rings is 1. The minimum Gasteiger partial charge on any atom is -0.370 e. The van der Waals surface area contributed by atoms with E-state index in [0.717, 1.165) is 30.9 Å². The number of rotatable bonds is 5. The Balaban J connectivity index is 0.000000711. The van der Waals surface area contributed by atoms with Crippen LogP contribution >= 0.6 is 0 Å². The largest absolute Gasteiger partial charge is 0.379 e. The molecule has 110 valence electrons. The lowest BCUT2D eigenvalue weighted by Gasteiger charge is -2.24. The van der Waals surface area contributed by atoms with Gasteiger partial charge < -0.3 is 10.2 Å². The molecule has 0 unspecified atom stereocenters. The number of hydrogen-bond acceptors (Lipinski definition) is 2. The topological polar surface area (TPSA) is 15.3 Å². The zero-order chi connectivity index (χ0) is 14.8. The Morgan fingerprint density at radius 3 is 2.26 bits per heavy atom. The average molecular weight is 280 g/mol. The highest BCUT2D eigenvalue weighted by molar-refractivity contribution is 5.53. The molecule has 1 N–H and O–H groups in total. The second-order valence-electron chi connectivity index (χ2n) is 3.86. The summed E-state index contributed by atoms with van der Waals surface area (Å²) in [5, 5.41) is 3.12. The third kappa shape index (κ3) is 7.66. The Bertz CT molecular complexity index is 356. The molecule has 0 aliphatic rings. The van der Waals surface area contributed by atoms with Crippen molar-refractivity contribution < 1.29 is 17.6 Å². The van der Waals surface area contributed by atoms with Gasteiger partial charge in [-0.15, -0.1) is 0 Å². The van der Waals surface area contributed by atoms with Crippen molar-refractivity contribution in [3.63, 3.8) is 0 Å². The molecule has 0 amide bonds.